The van der Waals surface area contributed by atoms with E-state index in [1.54, 1.807) is 7.11 Å². The number of furan rings is 1. The number of aryl methyl sites for hydroxylation is 2. The maximum Gasteiger partial charge on any atom is 0.134 e. The molecule has 0 bridgehead atoms. The monoisotopic (exact) mass is 355 g/mol. The van der Waals surface area contributed by atoms with Crippen LogP contribution in [0.4, 0.5) is 0 Å². The largest absolute Gasteiger partial charge is 0.497 e. The van der Waals surface area contributed by atoms with Gasteiger partial charge < -0.3 is 19.2 Å². The van der Waals surface area contributed by atoms with Crippen LogP contribution in [-0.2, 0) is 18.3 Å². The number of hydrogen-bond donors (Lipinski definition) is 1. The number of nitrogens with one attached hydrogen (secondary N) is 1. The van der Waals surface area contributed by atoms with Gasteiger partial charge in [0.05, 0.1) is 19.3 Å². The van der Waals surface area contributed by atoms with Crippen molar-refractivity contribution in [2.24, 2.45) is 7.05 Å². The van der Waals surface area contributed by atoms with Crippen LogP contribution in [0.5, 0.6) is 5.75 Å². The van der Waals surface area contributed by atoms with Gasteiger partial charge in [0.1, 0.15) is 23.2 Å². The number of hydrogen-bond acceptors (Lipinski definition) is 5. The average molecular weight is 355 g/mol. The number of nitrogens with zero attached hydrogens (tertiary/aromatic N) is 2. The van der Waals surface area contributed by atoms with Crippen LogP contribution >= 0.6 is 0 Å². The van der Waals surface area contributed by atoms with Crippen molar-refractivity contribution in [3.05, 3.63) is 47.0 Å². The minimum atomic E-state index is 0.0353. The molecule has 6 heteroatoms. The van der Waals surface area contributed by atoms with Crippen LogP contribution in [0.1, 0.15) is 35.2 Å². The Bertz CT molecular complexity index is 928. The summed E-state index contributed by atoms with van der Waals surface area (Å²) in [5, 5.41) is 9.20. The first kappa shape index (κ1) is 17.1. The topological polar surface area (TPSA) is 61.4 Å². The molecule has 1 aliphatic heterocycles. The zero-order valence-electron chi connectivity index (χ0n) is 15.7. The molecule has 2 atom stereocenters. The molecule has 0 radical (unpaired) electrons. The fourth-order valence-corrected chi connectivity index (χ4v) is 3.81. The third-order valence-corrected chi connectivity index (χ3v) is 5.25. The Morgan fingerprint density at radius 2 is 2.15 bits per heavy atom. The lowest BCUT2D eigenvalue weighted by Crippen LogP contribution is -2.31. The van der Waals surface area contributed by atoms with Crippen molar-refractivity contribution in [3.8, 4) is 5.75 Å². The highest BCUT2D eigenvalue weighted by Gasteiger charge is 2.33. The third-order valence-electron chi connectivity index (χ3n) is 5.25. The molecule has 0 aliphatic carbocycles. The molecule has 1 aromatic carbocycles. The molecular weight excluding hydrogens is 330 g/mol. The van der Waals surface area contributed by atoms with Crippen LogP contribution in [0.25, 0.3) is 11.0 Å². The van der Waals surface area contributed by atoms with Gasteiger partial charge in [-0.2, -0.15) is 5.10 Å². The van der Waals surface area contributed by atoms with Crippen molar-refractivity contribution in [2.75, 3.05) is 13.7 Å². The van der Waals surface area contributed by atoms with Crippen LogP contribution in [0.15, 0.2) is 28.7 Å². The summed E-state index contributed by atoms with van der Waals surface area (Å²) in [4.78, 5) is 0. The molecule has 1 saturated heterocycles. The van der Waals surface area contributed by atoms with Gasteiger partial charge in [0.2, 0.25) is 0 Å². The van der Waals surface area contributed by atoms with Crippen LogP contribution < -0.4 is 10.1 Å². The van der Waals surface area contributed by atoms with Crippen molar-refractivity contribution in [1.82, 2.24) is 15.1 Å². The molecule has 0 saturated carbocycles. The summed E-state index contributed by atoms with van der Waals surface area (Å²) in [6, 6.07) is 8.17. The van der Waals surface area contributed by atoms with Crippen molar-refractivity contribution in [1.29, 1.82) is 0 Å². The lowest BCUT2D eigenvalue weighted by atomic mass is 10.0. The van der Waals surface area contributed by atoms with Gasteiger partial charge in [0, 0.05) is 36.3 Å². The Balaban J connectivity index is 1.50. The second-order valence-electron chi connectivity index (χ2n) is 6.89. The van der Waals surface area contributed by atoms with E-state index in [1.807, 2.05) is 36.9 Å². The molecule has 0 unspecified atom stereocenters. The Kier molecular flexibility index (Phi) is 4.46. The lowest BCUT2D eigenvalue weighted by molar-refractivity contribution is 0.0971. The first-order valence-electron chi connectivity index (χ1n) is 8.98. The molecule has 3 heterocycles. The molecule has 1 N–H and O–H groups in total. The molecule has 138 valence electrons. The zero-order valence-corrected chi connectivity index (χ0v) is 15.7. The Morgan fingerprint density at radius 3 is 2.88 bits per heavy atom. The summed E-state index contributed by atoms with van der Waals surface area (Å²) in [6.07, 6.45) is 1.01. The molecule has 6 nitrogen and oxygen atoms in total. The average Bonchev–Trinajstić information content (AvgIpc) is 3.30. The number of benzene rings is 1. The number of aromatic nitrogens is 2. The predicted molar refractivity (Wildman–Crippen MR) is 99.4 cm³/mol. The molecule has 1 fully saturated rings. The van der Waals surface area contributed by atoms with Gasteiger partial charge >= 0.3 is 0 Å². The third kappa shape index (κ3) is 2.99. The summed E-state index contributed by atoms with van der Waals surface area (Å²) in [7, 11) is 3.65. The van der Waals surface area contributed by atoms with Crippen molar-refractivity contribution in [2.45, 2.75) is 39.0 Å². The van der Waals surface area contributed by atoms with Crippen LogP contribution in [0, 0.1) is 13.8 Å². The highest BCUT2D eigenvalue weighted by molar-refractivity contribution is 5.79. The van der Waals surface area contributed by atoms with Crippen LogP contribution in [0.2, 0.25) is 0 Å². The minimum absolute atomic E-state index is 0.0353. The summed E-state index contributed by atoms with van der Waals surface area (Å²) in [6.45, 7) is 5.57. The van der Waals surface area contributed by atoms with Gasteiger partial charge in [0.15, 0.2) is 0 Å². The summed E-state index contributed by atoms with van der Waals surface area (Å²) in [5.74, 6) is 1.75. The first-order chi connectivity index (χ1) is 12.6. The van der Waals surface area contributed by atoms with Gasteiger partial charge in [-0.25, -0.2) is 0 Å². The second-order valence-corrected chi connectivity index (χ2v) is 6.89. The smallest absolute Gasteiger partial charge is 0.134 e. The number of methoxy groups -OCH3 is 1. The van der Waals surface area contributed by atoms with Gasteiger partial charge in [-0.15, -0.1) is 0 Å². The van der Waals surface area contributed by atoms with E-state index in [9.17, 15) is 0 Å². The molecule has 1 aliphatic rings. The van der Waals surface area contributed by atoms with E-state index in [4.69, 9.17) is 13.9 Å². The molecule has 0 spiro atoms. The number of rotatable bonds is 5. The number of fused-ring (bicyclic) bond motifs is 1. The molecular formula is C20H25N3O3. The SMILES string of the molecule is COc1ccc2oc(CN[C@H]3CCO[C@@H]3c3c(C)nn(C)c3C)cc2c1. The normalized spacial score (nSPS) is 20.2. The van der Waals surface area contributed by atoms with E-state index >= 15 is 0 Å². The van der Waals surface area contributed by atoms with Gasteiger partial charge in [-0.05, 0) is 44.5 Å². The minimum Gasteiger partial charge on any atom is -0.497 e. The predicted octanol–water partition coefficient (Wildman–Crippen LogP) is 3.41. The van der Waals surface area contributed by atoms with E-state index in [-0.39, 0.29) is 12.1 Å². The summed E-state index contributed by atoms with van der Waals surface area (Å²) < 4.78 is 19.2. The van der Waals surface area contributed by atoms with E-state index in [0.717, 1.165) is 46.9 Å². The highest BCUT2D eigenvalue weighted by Crippen LogP contribution is 2.33. The Morgan fingerprint density at radius 1 is 1.31 bits per heavy atom. The second kappa shape index (κ2) is 6.78. The first-order valence-corrected chi connectivity index (χ1v) is 8.98. The molecule has 26 heavy (non-hydrogen) atoms. The summed E-state index contributed by atoms with van der Waals surface area (Å²) >= 11 is 0. The van der Waals surface area contributed by atoms with Gasteiger partial charge in [-0.1, -0.05) is 0 Å². The van der Waals surface area contributed by atoms with Crippen molar-refractivity contribution < 1.29 is 13.9 Å². The maximum atomic E-state index is 6.04. The van der Waals surface area contributed by atoms with E-state index in [1.165, 1.54) is 5.56 Å². The van der Waals surface area contributed by atoms with Crippen LogP contribution in [-0.4, -0.2) is 29.5 Å². The highest BCUT2D eigenvalue weighted by atomic mass is 16.5. The quantitative estimate of drug-likeness (QED) is 0.760. The molecule has 4 rings (SSSR count). The number of ether oxygens (including phenoxy) is 2. The van der Waals surface area contributed by atoms with Gasteiger partial charge in [0.25, 0.3) is 0 Å². The standard InChI is InChI=1S/C20H25N3O3/c1-12-19(13(2)23(3)22-12)20-17(7-8-25-20)21-11-16-10-14-9-15(24-4)5-6-18(14)26-16/h5-6,9-10,17,20-21H,7-8,11H2,1-4H3/t17-,20-/m0/s1. The van der Waals surface area contributed by atoms with E-state index in [0.29, 0.717) is 6.54 Å². The molecule has 2 aromatic heterocycles. The fraction of sp³-hybridized carbons (Fsp3) is 0.450. The van der Waals surface area contributed by atoms with Gasteiger partial charge in [-0.3, -0.25) is 4.68 Å². The van der Waals surface area contributed by atoms with Crippen molar-refractivity contribution >= 4 is 11.0 Å². The molecule has 0 amide bonds. The molecule has 3 aromatic rings. The lowest BCUT2D eigenvalue weighted by Gasteiger charge is -2.20. The van der Waals surface area contributed by atoms with Crippen LogP contribution in [0.3, 0.4) is 0 Å². The fourth-order valence-electron chi connectivity index (χ4n) is 3.81. The Labute approximate surface area is 153 Å². The van der Waals surface area contributed by atoms with E-state index in [2.05, 4.69) is 23.4 Å². The maximum absolute atomic E-state index is 6.04. The summed E-state index contributed by atoms with van der Waals surface area (Å²) in [5.41, 5.74) is 4.29. The van der Waals surface area contributed by atoms with Crippen molar-refractivity contribution in [3.63, 3.8) is 0 Å². The van der Waals surface area contributed by atoms with E-state index < -0.39 is 0 Å². The Hall–Kier alpha value is -2.31. The zero-order chi connectivity index (χ0) is 18.3.